The first-order valence-corrected chi connectivity index (χ1v) is 18.1. The quantitative estimate of drug-likeness (QED) is 0.326. The highest BCUT2D eigenvalue weighted by atomic mass is 15.3. The summed E-state index contributed by atoms with van der Waals surface area (Å²) in [5.74, 6) is 0. The van der Waals surface area contributed by atoms with Crippen molar-refractivity contribution in [2.24, 2.45) is 16.2 Å². The summed E-state index contributed by atoms with van der Waals surface area (Å²) in [6.45, 7) is 34.1. The third-order valence-electron chi connectivity index (χ3n) is 12.7. The molecule has 0 bridgehead atoms. The number of likely N-dealkylation sites (tertiary alicyclic amines) is 4. The van der Waals surface area contributed by atoms with Gasteiger partial charge in [-0.15, -0.1) is 0 Å². The lowest BCUT2D eigenvalue weighted by molar-refractivity contribution is -0.104. The first-order chi connectivity index (χ1) is 19.5. The molecule has 5 aliphatic heterocycles. The highest BCUT2D eigenvalue weighted by Gasteiger charge is 2.50. The molecule has 0 aromatic heterocycles. The fraction of sp³-hybridized carbons (Fsp3) is 1.00. The first kappa shape index (κ1) is 34.7. The van der Waals surface area contributed by atoms with Gasteiger partial charge in [0.15, 0.2) is 0 Å². The maximum Gasteiger partial charge on any atom is 0.0125 e. The fourth-order valence-electron chi connectivity index (χ4n) is 8.58. The Morgan fingerprint density at radius 3 is 1.12 bits per heavy atom. The third-order valence-corrected chi connectivity index (χ3v) is 12.7. The van der Waals surface area contributed by atoms with Crippen molar-refractivity contribution in [3.8, 4) is 0 Å². The van der Waals surface area contributed by atoms with Gasteiger partial charge in [-0.1, -0.05) is 6.42 Å². The normalized spacial score (nSPS) is 28.7. The zero-order valence-electron chi connectivity index (χ0n) is 30.1. The monoisotopic (exact) mass is 588 g/mol. The summed E-state index contributed by atoms with van der Waals surface area (Å²) < 4.78 is 0. The molecule has 1 saturated carbocycles. The van der Waals surface area contributed by atoms with Crippen LogP contribution < -0.4 is 5.32 Å². The first-order valence-electron chi connectivity index (χ1n) is 18.1. The Bertz CT molecular complexity index is 800. The van der Waals surface area contributed by atoms with Gasteiger partial charge >= 0.3 is 0 Å². The molecule has 6 aliphatic rings. The van der Waals surface area contributed by atoms with Crippen LogP contribution in [0.4, 0.5) is 0 Å². The van der Waals surface area contributed by atoms with E-state index < -0.39 is 0 Å². The van der Waals surface area contributed by atoms with Gasteiger partial charge in [0.25, 0.3) is 0 Å². The third kappa shape index (κ3) is 8.95. The summed E-state index contributed by atoms with van der Waals surface area (Å²) in [7, 11) is 2.26. The Hall–Kier alpha value is -0.200. The molecular formula is C37H73N5. The van der Waals surface area contributed by atoms with Crippen LogP contribution in [0.5, 0.6) is 0 Å². The predicted octanol–water partition coefficient (Wildman–Crippen LogP) is 7.11. The highest BCUT2D eigenvalue weighted by molar-refractivity contribution is 5.03. The van der Waals surface area contributed by atoms with Gasteiger partial charge in [-0.05, 0) is 202 Å². The molecule has 0 aromatic carbocycles. The molecule has 5 heteroatoms. The Labute approximate surface area is 262 Å². The Balaban J connectivity index is 0.000000147. The van der Waals surface area contributed by atoms with E-state index in [4.69, 9.17) is 0 Å². The molecule has 6 rings (SSSR count). The largest absolute Gasteiger partial charge is 0.317 e. The smallest absolute Gasteiger partial charge is 0.0125 e. The van der Waals surface area contributed by atoms with Gasteiger partial charge in [0, 0.05) is 29.7 Å². The Morgan fingerprint density at radius 1 is 0.429 bits per heavy atom. The SMILES string of the molecule is CC(C)(C)N1CC2(CCC2)C1.CC(C)(C)N1CCC2(CCNCC2)CC1.CN1CCC2(CC1)CCN(C(C)(C)C)CC2. The molecule has 5 saturated heterocycles. The van der Waals surface area contributed by atoms with Gasteiger partial charge in [0.2, 0.25) is 0 Å². The van der Waals surface area contributed by atoms with Crippen molar-refractivity contribution in [1.29, 1.82) is 0 Å². The van der Waals surface area contributed by atoms with Crippen LogP contribution in [0, 0.1) is 16.2 Å². The van der Waals surface area contributed by atoms with Crippen molar-refractivity contribution in [2.45, 2.75) is 150 Å². The van der Waals surface area contributed by atoms with Gasteiger partial charge < -0.3 is 10.2 Å². The van der Waals surface area contributed by atoms with Crippen LogP contribution in [0.25, 0.3) is 0 Å². The van der Waals surface area contributed by atoms with E-state index in [-0.39, 0.29) is 0 Å². The van der Waals surface area contributed by atoms with Gasteiger partial charge in [0.05, 0.1) is 0 Å². The van der Waals surface area contributed by atoms with Crippen LogP contribution in [0.2, 0.25) is 0 Å². The minimum atomic E-state index is 0.368. The number of nitrogens with zero attached hydrogens (tertiary/aromatic N) is 4. The van der Waals surface area contributed by atoms with Crippen LogP contribution in [0.3, 0.4) is 0 Å². The minimum Gasteiger partial charge on any atom is -0.317 e. The molecule has 0 radical (unpaired) electrons. The van der Waals surface area contributed by atoms with Crippen LogP contribution >= 0.6 is 0 Å². The molecule has 0 amide bonds. The van der Waals surface area contributed by atoms with Crippen molar-refractivity contribution < 1.29 is 0 Å². The van der Waals surface area contributed by atoms with E-state index in [1.165, 1.54) is 136 Å². The lowest BCUT2D eigenvalue weighted by Gasteiger charge is -2.60. The van der Waals surface area contributed by atoms with Gasteiger partial charge in [-0.25, -0.2) is 0 Å². The predicted molar refractivity (Wildman–Crippen MR) is 182 cm³/mol. The van der Waals surface area contributed by atoms with Crippen molar-refractivity contribution in [3.05, 3.63) is 0 Å². The van der Waals surface area contributed by atoms with Crippen LogP contribution in [-0.2, 0) is 0 Å². The van der Waals surface area contributed by atoms with Gasteiger partial charge in [-0.2, -0.15) is 0 Å². The Morgan fingerprint density at radius 2 is 0.786 bits per heavy atom. The summed E-state index contributed by atoms with van der Waals surface area (Å²) in [5.41, 5.74) is 3.36. The summed E-state index contributed by atoms with van der Waals surface area (Å²) in [5, 5.41) is 3.48. The van der Waals surface area contributed by atoms with Crippen LogP contribution in [0.1, 0.15) is 133 Å². The van der Waals surface area contributed by atoms with Crippen molar-refractivity contribution in [2.75, 3.05) is 72.5 Å². The molecule has 6 fully saturated rings. The van der Waals surface area contributed by atoms with E-state index >= 15 is 0 Å². The second-order valence-corrected chi connectivity index (χ2v) is 18.7. The van der Waals surface area contributed by atoms with E-state index in [1.807, 2.05) is 0 Å². The van der Waals surface area contributed by atoms with Crippen molar-refractivity contribution in [1.82, 2.24) is 24.9 Å². The zero-order valence-corrected chi connectivity index (χ0v) is 30.1. The van der Waals surface area contributed by atoms with Gasteiger partial charge in [-0.3, -0.25) is 14.7 Å². The molecule has 0 aromatic rings. The standard InChI is InChI=1S/C14H28N2.C13H26N2.C10H19N/c1-13(2,3)16-11-7-14(8-12-16)5-9-15(4)10-6-14;1-12(2,3)15-10-6-13(7-11-15)4-8-14-9-5-13;1-9(2,3)11-7-10(8-11)5-4-6-10/h5-12H2,1-4H3;14H,4-11H2,1-3H3;4-8H2,1-3H3. The second-order valence-electron chi connectivity index (χ2n) is 18.7. The van der Waals surface area contributed by atoms with Gasteiger partial charge in [0.1, 0.15) is 0 Å². The molecule has 0 atom stereocenters. The van der Waals surface area contributed by atoms with Crippen molar-refractivity contribution in [3.63, 3.8) is 0 Å². The zero-order chi connectivity index (χ0) is 30.9. The molecule has 3 spiro atoms. The van der Waals surface area contributed by atoms with E-state index in [0.717, 1.165) is 5.41 Å². The fourth-order valence-corrected chi connectivity index (χ4v) is 8.58. The Kier molecular flexibility index (Phi) is 10.9. The number of hydrogen-bond acceptors (Lipinski definition) is 5. The average Bonchev–Trinajstić information content (AvgIpc) is 2.84. The maximum atomic E-state index is 3.48. The average molecular weight is 588 g/mol. The highest BCUT2D eigenvalue weighted by Crippen LogP contribution is 2.50. The molecule has 5 heterocycles. The molecule has 0 unspecified atom stereocenters. The molecule has 5 nitrogen and oxygen atoms in total. The van der Waals surface area contributed by atoms with E-state index in [9.17, 15) is 0 Å². The summed E-state index contributed by atoms with van der Waals surface area (Å²) >= 11 is 0. The van der Waals surface area contributed by atoms with Crippen LogP contribution in [-0.4, -0.2) is 109 Å². The topological polar surface area (TPSA) is 25.0 Å². The molecular weight excluding hydrogens is 514 g/mol. The number of nitrogens with one attached hydrogen (secondary N) is 1. The molecule has 1 N–H and O–H groups in total. The number of hydrogen-bond donors (Lipinski definition) is 1. The minimum absolute atomic E-state index is 0.368. The molecule has 246 valence electrons. The molecule has 42 heavy (non-hydrogen) atoms. The van der Waals surface area contributed by atoms with E-state index in [1.54, 1.807) is 0 Å². The summed E-state index contributed by atoms with van der Waals surface area (Å²) in [6.07, 6.45) is 15.9. The molecule has 1 aliphatic carbocycles. The summed E-state index contributed by atoms with van der Waals surface area (Å²) in [6, 6.07) is 0. The number of rotatable bonds is 0. The lowest BCUT2D eigenvalue weighted by atomic mass is 9.62. The summed E-state index contributed by atoms with van der Waals surface area (Å²) in [4.78, 5) is 10.4. The second kappa shape index (κ2) is 13.3. The van der Waals surface area contributed by atoms with E-state index in [0.29, 0.717) is 27.4 Å². The van der Waals surface area contributed by atoms with Crippen molar-refractivity contribution >= 4 is 0 Å². The maximum absolute atomic E-state index is 3.48. The van der Waals surface area contributed by atoms with E-state index in [2.05, 4.69) is 94.3 Å². The van der Waals surface area contributed by atoms with Crippen LogP contribution in [0.15, 0.2) is 0 Å². The lowest BCUT2D eigenvalue weighted by Crippen LogP contribution is -2.64. The number of piperidine rings is 4.